The van der Waals surface area contributed by atoms with Crippen molar-refractivity contribution in [1.29, 1.82) is 0 Å². The summed E-state index contributed by atoms with van der Waals surface area (Å²) in [6.45, 7) is 0.594. The summed E-state index contributed by atoms with van der Waals surface area (Å²) < 4.78 is 10.3. The Balaban J connectivity index is 1.72. The number of hydrogen-bond acceptors (Lipinski definition) is 5. The van der Waals surface area contributed by atoms with Gasteiger partial charge in [-0.2, -0.15) is 0 Å². The van der Waals surface area contributed by atoms with E-state index in [1.54, 1.807) is 38.9 Å². The highest BCUT2D eigenvalue weighted by molar-refractivity contribution is 5.94. The van der Waals surface area contributed by atoms with Crippen LogP contribution in [-0.2, 0) is 6.42 Å². The fraction of sp³-hybridized carbons (Fsp3) is 0.250. The summed E-state index contributed by atoms with van der Waals surface area (Å²) in [6, 6.07) is 10.9. The average Bonchev–Trinajstić information content (AvgIpc) is 3.21. The lowest BCUT2D eigenvalue weighted by Gasteiger charge is -2.35. The monoisotopic (exact) mass is 364 g/mol. The molecule has 3 aromatic rings. The number of benzene rings is 1. The zero-order valence-electron chi connectivity index (χ0n) is 15.2. The zero-order valence-corrected chi connectivity index (χ0v) is 15.2. The topological polar surface area (TPSA) is 80.3 Å². The lowest BCUT2D eigenvalue weighted by Crippen LogP contribution is -2.40. The van der Waals surface area contributed by atoms with Crippen LogP contribution in [0, 0.1) is 0 Å². The number of rotatable bonds is 4. The van der Waals surface area contributed by atoms with Gasteiger partial charge in [-0.25, -0.2) is 9.97 Å². The predicted molar refractivity (Wildman–Crippen MR) is 99.0 cm³/mol. The molecular formula is C20H20N4O3. The summed E-state index contributed by atoms with van der Waals surface area (Å²) >= 11 is 0. The lowest BCUT2D eigenvalue weighted by atomic mass is 9.95. The molecule has 7 heteroatoms. The van der Waals surface area contributed by atoms with E-state index in [1.165, 1.54) is 0 Å². The molecule has 0 bridgehead atoms. The van der Waals surface area contributed by atoms with Crippen molar-refractivity contribution in [2.75, 3.05) is 20.8 Å². The van der Waals surface area contributed by atoms with Gasteiger partial charge in [-0.1, -0.05) is 12.1 Å². The quantitative estimate of drug-likeness (QED) is 0.770. The van der Waals surface area contributed by atoms with E-state index >= 15 is 0 Å². The van der Waals surface area contributed by atoms with Gasteiger partial charge < -0.3 is 19.4 Å². The maximum atomic E-state index is 13.2. The summed E-state index contributed by atoms with van der Waals surface area (Å²) in [4.78, 5) is 26.9. The molecule has 138 valence electrons. The molecule has 27 heavy (non-hydrogen) atoms. The van der Waals surface area contributed by atoms with E-state index in [0.29, 0.717) is 18.0 Å². The first-order valence-corrected chi connectivity index (χ1v) is 8.68. The van der Waals surface area contributed by atoms with Crippen molar-refractivity contribution in [3.63, 3.8) is 0 Å². The molecule has 1 aliphatic heterocycles. The molecule has 1 aliphatic rings. The van der Waals surface area contributed by atoms with Gasteiger partial charge in [0.2, 0.25) is 5.88 Å². The largest absolute Gasteiger partial charge is 0.497 e. The number of carbonyl (C=O) groups is 1. The molecule has 0 saturated heterocycles. The van der Waals surface area contributed by atoms with Crippen LogP contribution in [0.2, 0.25) is 0 Å². The molecular weight excluding hydrogens is 344 g/mol. The maximum absolute atomic E-state index is 13.2. The zero-order chi connectivity index (χ0) is 18.8. The van der Waals surface area contributed by atoms with E-state index in [2.05, 4.69) is 15.0 Å². The Hall–Kier alpha value is -3.35. The van der Waals surface area contributed by atoms with Crippen LogP contribution >= 0.6 is 0 Å². The molecule has 7 nitrogen and oxygen atoms in total. The Morgan fingerprint density at radius 1 is 1.11 bits per heavy atom. The molecule has 1 atom stereocenters. The van der Waals surface area contributed by atoms with Crippen molar-refractivity contribution in [1.82, 2.24) is 19.9 Å². The van der Waals surface area contributed by atoms with Crippen molar-refractivity contribution in [3.8, 4) is 11.6 Å². The molecule has 2 aromatic heterocycles. The van der Waals surface area contributed by atoms with E-state index in [-0.39, 0.29) is 11.9 Å². The number of nitrogens with one attached hydrogen (secondary N) is 1. The van der Waals surface area contributed by atoms with Crippen molar-refractivity contribution < 1.29 is 14.3 Å². The van der Waals surface area contributed by atoms with Crippen molar-refractivity contribution >= 4 is 5.91 Å². The van der Waals surface area contributed by atoms with Crippen LogP contribution in [0.25, 0.3) is 0 Å². The van der Waals surface area contributed by atoms with Crippen molar-refractivity contribution in [2.24, 2.45) is 0 Å². The molecule has 4 rings (SSSR count). The highest BCUT2D eigenvalue weighted by Gasteiger charge is 2.34. The third-order valence-electron chi connectivity index (χ3n) is 4.81. The van der Waals surface area contributed by atoms with Crippen LogP contribution < -0.4 is 9.47 Å². The van der Waals surface area contributed by atoms with Gasteiger partial charge in [-0.05, 0) is 23.8 Å². The van der Waals surface area contributed by atoms with Crippen LogP contribution in [0.4, 0.5) is 0 Å². The second kappa shape index (κ2) is 7.11. The molecule has 1 amide bonds. The Bertz CT molecular complexity index is 935. The standard InChI is InChI=1S/C20H20N4O3/c1-26-15-6-3-13(4-7-15)19-18-16(22-12-23-18)9-10-24(19)20(25)14-5-8-17(27-2)21-11-14/h3-8,11-12,19H,9-10H2,1-2H3,(H,22,23)/t19-/m1/s1. The number of aromatic amines is 1. The van der Waals surface area contributed by atoms with Crippen LogP contribution in [0.3, 0.4) is 0 Å². The number of methoxy groups -OCH3 is 2. The fourth-order valence-corrected chi connectivity index (χ4v) is 3.41. The molecule has 0 radical (unpaired) electrons. The van der Waals surface area contributed by atoms with E-state index in [9.17, 15) is 4.79 Å². The minimum Gasteiger partial charge on any atom is -0.497 e. The van der Waals surface area contributed by atoms with Crippen LogP contribution in [0.5, 0.6) is 11.6 Å². The SMILES string of the molecule is COc1ccc([C@@H]2c3nc[nH]c3CCN2C(=O)c2ccc(OC)nc2)cc1. The third kappa shape index (κ3) is 3.12. The van der Waals surface area contributed by atoms with Gasteiger partial charge in [0.25, 0.3) is 5.91 Å². The molecule has 1 aromatic carbocycles. The summed E-state index contributed by atoms with van der Waals surface area (Å²) in [7, 11) is 3.18. The number of carbonyl (C=O) groups excluding carboxylic acids is 1. The number of imidazole rings is 1. The lowest BCUT2D eigenvalue weighted by molar-refractivity contribution is 0.0690. The summed E-state index contributed by atoms with van der Waals surface area (Å²) in [5.41, 5.74) is 3.45. The summed E-state index contributed by atoms with van der Waals surface area (Å²) in [5.74, 6) is 1.17. The summed E-state index contributed by atoms with van der Waals surface area (Å²) in [5, 5.41) is 0. The number of H-pyrrole nitrogens is 1. The van der Waals surface area contributed by atoms with Gasteiger partial charge in [-0.15, -0.1) is 0 Å². The Labute approximate surface area is 157 Å². The number of ether oxygens (including phenoxy) is 2. The van der Waals surface area contributed by atoms with E-state index in [4.69, 9.17) is 9.47 Å². The van der Waals surface area contributed by atoms with Gasteiger partial charge in [0, 0.05) is 30.9 Å². The van der Waals surface area contributed by atoms with E-state index in [1.807, 2.05) is 29.2 Å². The number of hydrogen-bond donors (Lipinski definition) is 1. The third-order valence-corrected chi connectivity index (χ3v) is 4.81. The molecule has 1 N–H and O–H groups in total. The molecule has 0 unspecified atom stereocenters. The van der Waals surface area contributed by atoms with Gasteiger partial charge in [0.05, 0.1) is 31.8 Å². The van der Waals surface area contributed by atoms with Gasteiger partial charge >= 0.3 is 0 Å². The van der Waals surface area contributed by atoms with Gasteiger partial charge in [0.1, 0.15) is 11.8 Å². The fourth-order valence-electron chi connectivity index (χ4n) is 3.41. The second-order valence-electron chi connectivity index (χ2n) is 6.28. The normalized spacial score (nSPS) is 15.9. The number of nitrogens with zero attached hydrogens (tertiary/aromatic N) is 3. The summed E-state index contributed by atoms with van der Waals surface area (Å²) in [6.07, 6.45) is 3.97. The first-order valence-electron chi connectivity index (χ1n) is 8.68. The Kier molecular flexibility index (Phi) is 4.50. The first-order chi connectivity index (χ1) is 13.2. The van der Waals surface area contributed by atoms with Gasteiger partial charge in [0.15, 0.2) is 0 Å². The van der Waals surface area contributed by atoms with Gasteiger partial charge in [-0.3, -0.25) is 4.79 Å². The first kappa shape index (κ1) is 17.1. The average molecular weight is 364 g/mol. The smallest absolute Gasteiger partial charge is 0.256 e. The second-order valence-corrected chi connectivity index (χ2v) is 6.28. The maximum Gasteiger partial charge on any atom is 0.256 e. The number of pyridine rings is 1. The number of fused-ring (bicyclic) bond motifs is 1. The van der Waals surface area contributed by atoms with Crippen LogP contribution in [0.1, 0.15) is 33.4 Å². The molecule has 0 aliphatic carbocycles. The molecule has 3 heterocycles. The number of amides is 1. The molecule has 0 spiro atoms. The Morgan fingerprint density at radius 3 is 2.59 bits per heavy atom. The molecule has 0 saturated carbocycles. The van der Waals surface area contributed by atoms with Crippen molar-refractivity contribution in [3.05, 3.63) is 71.4 Å². The number of aromatic nitrogens is 3. The Morgan fingerprint density at radius 2 is 1.93 bits per heavy atom. The molecule has 0 fully saturated rings. The van der Waals surface area contributed by atoms with E-state index in [0.717, 1.165) is 29.1 Å². The van der Waals surface area contributed by atoms with Crippen LogP contribution in [0.15, 0.2) is 48.9 Å². The minimum atomic E-state index is -0.263. The highest BCUT2D eigenvalue weighted by Crippen LogP contribution is 2.35. The highest BCUT2D eigenvalue weighted by atomic mass is 16.5. The van der Waals surface area contributed by atoms with Crippen LogP contribution in [-0.4, -0.2) is 46.5 Å². The minimum absolute atomic E-state index is 0.0837. The van der Waals surface area contributed by atoms with Crippen molar-refractivity contribution in [2.45, 2.75) is 12.5 Å². The van der Waals surface area contributed by atoms with E-state index < -0.39 is 0 Å². The predicted octanol–water partition coefficient (Wildman–Crippen LogP) is 2.61.